The van der Waals surface area contributed by atoms with Crippen LogP contribution >= 0.6 is 0 Å². The predicted octanol–water partition coefficient (Wildman–Crippen LogP) is 5.62. The molecule has 2 N–H and O–H groups in total. The Labute approximate surface area is 237 Å². The number of ether oxygens (including phenoxy) is 1. The van der Waals surface area contributed by atoms with E-state index in [1.807, 2.05) is 37.3 Å². The normalized spacial score (nSPS) is 13.2. The van der Waals surface area contributed by atoms with Crippen LogP contribution in [0.15, 0.2) is 77.9 Å². The van der Waals surface area contributed by atoms with E-state index < -0.39 is 23.1 Å². The third-order valence-corrected chi connectivity index (χ3v) is 7.14. The standard InChI is InChI=1S/C32H32FN5O3/c1-3-41-32(40)28(34)29-30(36-24-13-10-21(2)11-14-24)31(39)38(20-35-29)27-15-12-22(18-26(27)33)25-9-5-4-8-23(25)19-37-16-6-7-17-37/h4-5,8-15,18,20,34,36H,3,6-7,16-17,19H2,1-2H3. The molecule has 0 spiro atoms. The SMILES string of the molecule is CCOC(=O)C(=N)c1ncn(-c2ccc(-c3ccccc3CN3CCCC3)cc2F)c(=O)c1Nc1ccc(C)cc1. The van der Waals surface area contributed by atoms with E-state index in [0.29, 0.717) is 11.3 Å². The van der Waals surface area contributed by atoms with E-state index in [2.05, 4.69) is 21.3 Å². The summed E-state index contributed by atoms with van der Waals surface area (Å²) in [6.07, 6.45) is 3.51. The average molecular weight is 554 g/mol. The molecule has 0 bridgehead atoms. The highest BCUT2D eigenvalue weighted by Crippen LogP contribution is 2.28. The van der Waals surface area contributed by atoms with Crippen molar-refractivity contribution in [2.45, 2.75) is 33.2 Å². The number of carbonyl (C=O) groups excluding carboxylic acids is 1. The predicted molar refractivity (Wildman–Crippen MR) is 158 cm³/mol. The highest BCUT2D eigenvalue weighted by atomic mass is 19.1. The number of anilines is 2. The van der Waals surface area contributed by atoms with Crippen LogP contribution in [-0.2, 0) is 16.1 Å². The molecule has 210 valence electrons. The Morgan fingerprint density at radius 3 is 2.51 bits per heavy atom. The van der Waals surface area contributed by atoms with Gasteiger partial charge in [0.05, 0.1) is 12.3 Å². The summed E-state index contributed by atoms with van der Waals surface area (Å²) in [6, 6.07) is 20.0. The molecule has 0 radical (unpaired) electrons. The molecule has 9 heteroatoms. The second kappa shape index (κ2) is 12.3. The van der Waals surface area contributed by atoms with Crippen LogP contribution in [0.3, 0.4) is 0 Å². The van der Waals surface area contributed by atoms with Gasteiger partial charge < -0.3 is 10.1 Å². The molecule has 0 amide bonds. The van der Waals surface area contributed by atoms with Gasteiger partial charge in [-0.15, -0.1) is 0 Å². The molecule has 3 aromatic carbocycles. The second-order valence-electron chi connectivity index (χ2n) is 10.0. The van der Waals surface area contributed by atoms with Gasteiger partial charge in [0.25, 0.3) is 5.56 Å². The molecular weight excluding hydrogens is 521 g/mol. The molecule has 1 saturated heterocycles. The Kier molecular flexibility index (Phi) is 8.35. The minimum absolute atomic E-state index is 0.00412. The van der Waals surface area contributed by atoms with Gasteiger partial charge in [0, 0.05) is 12.2 Å². The molecule has 1 aromatic heterocycles. The van der Waals surface area contributed by atoms with Crippen molar-refractivity contribution >= 4 is 23.1 Å². The van der Waals surface area contributed by atoms with Crippen molar-refractivity contribution in [3.8, 4) is 16.8 Å². The lowest BCUT2D eigenvalue weighted by Crippen LogP contribution is -2.29. The van der Waals surface area contributed by atoms with Crippen molar-refractivity contribution in [2.75, 3.05) is 25.0 Å². The zero-order valence-electron chi connectivity index (χ0n) is 23.1. The summed E-state index contributed by atoms with van der Waals surface area (Å²) < 4.78 is 21.7. The number of nitrogens with one attached hydrogen (secondary N) is 2. The van der Waals surface area contributed by atoms with Crippen LogP contribution in [0, 0.1) is 18.2 Å². The fourth-order valence-corrected chi connectivity index (χ4v) is 5.00. The van der Waals surface area contributed by atoms with Crippen LogP contribution in [-0.4, -0.2) is 45.8 Å². The highest BCUT2D eigenvalue weighted by molar-refractivity contribution is 6.42. The third kappa shape index (κ3) is 6.10. The van der Waals surface area contributed by atoms with Gasteiger partial charge in [0.1, 0.15) is 23.5 Å². The first-order valence-corrected chi connectivity index (χ1v) is 13.7. The highest BCUT2D eigenvalue weighted by Gasteiger charge is 2.24. The van der Waals surface area contributed by atoms with Crippen LogP contribution < -0.4 is 10.9 Å². The first-order chi connectivity index (χ1) is 19.9. The first kappa shape index (κ1) is 27.9. The van der Waals surface area contributed by atoms with Gasteiger partial charge >= 0.3 is 5.97 Å². The number of carbonyl (C=O) groups is 1. The topological polar surface area (TPSA) is 100 Å². The Balaban J connectivity index is 1.54. The third-order valence-electron chi connectivity index (χ3n) is 7.14. The maximum atomic E-state index is 15.7. The molecule has 0 atom stereocenters. The lowest BCUT2D eigenvalue weighted by molar-refractivity contribution is -0.135. The largest absolute Gasteiger partial charge is 0.461 e. The van der Waals surface area contributed by atoms with Crippen molar-refractivity contribution in [2.24, 2.45) is 0 Å². The Hall–Kier alpha value is -4.63. The quantitative estimate of drug-likeness (QED) is 0.206. The minimum Gasteiger partial charge on any atom is -0.461 e. The zero-order chi connectivity index (χ0) is 28.9. The van der Waals surface area contributed by atoms with Gasteiger partial charge in [-0.1, -0.05) is 48.0 Å². The fourth-order valence-electron chi connectivity index (χ4n) is 5.00. The zero-order valence-corrected chi connectivity index (χ0v) is 23.1. The molecular formula is C32H32FN5O3. The van der Waals surface area contributed by atoms with E-state index in [-0.39, 0.29) is 23.7 Å². The lowest BCUT2D eigenvalue weighted by atomic mass is 9.99. The summed E-state index contributed by atoms with van der Waals surface area (Å²) in [5.41, 5.74) is 2.79. The van der Waals surface area contributed by atoms with Gasteiger partial charge in [-0.3, -0.25) is 19.7 Å². The maximum absolute atomic E-state index is 15.7. The Morgan fingerprint density at radius 1 is 1.07 bits per heavy atom. The van der Waals surface area contributed by atoms with Crippen LogP contribution in [0.1, 0.15) is 36.6 Å². The van der Waals surface area contributed by atoms with Crippen LogP contribution in [0.5, 0.6) is 0 Å². The van der Waals surface area contributed by atoms with Crippen molar-refractivity contribution in [3.63, 3.8) is 0 Å². The number of aryl methyl sites for hydroxylation is 1. The number of benzene rings is 3. The molecule has 5 rings (SSSR count). The molecule has 8 nitrogen and oxygen atoms in total. The molecule has 1 aliphatic rings. The smallest absolute Gasteiger partial charge is 0.358 e. The summed E-state index contributed by atoms with van der Waals surface area (Å²) >= 11 is 0. The average Bonchev–Trinajstić information content (AvgIpc) is 3.49. The van der Waals surface area contributed by atoms with Crippen molar-refractivity contribution < 1.29 is 13.9 Å². The van der Waals surface area contributed by atoms with Gasteiger partial charge in [0.15, 0.2) is 5.71 Å². The molecule has 2 heterocycles. The second-order valence-corrected chi connectivity index (χ2v) is 10.0. The summed E-state index contributed by atoms with van der Waals surface area (Å²) in [7, 11) is 0. The van der Waals surface area contributed by atoms with E-state index in [0.717, 1.165) is 47.2 Å². The number of likely N-dealkylation sites (tertiary alicyclic amines) is 1. The number of rotatable bonds is 9. The molecule has 1 aliphatic heterocycles. The summed E-state index contributed by atoms with van der Waals surface area (Å²) in [6.45, 7) is 6.53. The van der Waals surface area contributed by atoms with E-state index in [1.54, 1.807) is 31.2 Å². The van der Waals surface area contributed by atoms with Gasteiger partial charge in [-0.05, 0) is 80.7 Å². The van der Waals surface area contributed by atoms with E-state index in [9.17, 15) is 9.59 Å². The number of hydrogen-bond acceptors (Lipinski definition) is 7. The maximum Gasteiger partial charge on any atom is 0.358 e. The van der Waals surface area contributed by atoms with E-state index >= 15 is 4.39 Å². The lowest BCUT2D eigenvalue weighted by Gasteiger charge is -2.18. The van der Waals surface area contributed by atoms with Crippen LogP contribution in [0.25, 0.3) is 16.8 Å². The van der Waals surface area contributed by atoms with Gasteiger partial charge in [0.2, 0.25) is 0 Å². The van der Waals surface area contributed by atoms with E-state index in [1.165, 1.54) is 18.9 Å². The molecule has 1 fully saturated rings. The van der Waals surface area contributed by atoms with Crippen LogP contribution in [0.4, 0.5) is 15.8 Å². The first-order valence-electron chi connectivity index (χ1n) is 13.7. The molecule has 4 aromatic rings. The number of hydrogen-bond donors (Lipinski definition) is 2. The number of halogens is 1. The minimum atomic E-state index is -0.910. The van der Waals surface area contributed by atoms with Crippen LogP contribution in [0.2, 0.25) is 0 Å². The molecule has 0 unspecified atom stereocenters. The number of aromatic nitrogens is 2. The van der Waals surface area contributed by atoms with Crippen molar-refractivity contribution in [1.82, 2.24) is 14.5 Å². The summed E-state index contributed by atoms with van der Waals surface area (Å²) in [5.74, 6) is -1.51. The van der Waals surface area contributed by atoms with E-state index in [4.69, 9.17) is 10.1 Å². The Morgan fingerprint density at radius 2 is 1.80 bits per heavy atom. The molecule has 0 aliphatic carbocycles. The molecule has 41 heavy (non-hydrogen) atoms. The van der Waals surface area contributed by atoms with Crippen molar-refractivity contribution in [3.05, 3.63) is 106 Å². The van der Waals surface area contributed by atoms with Gasteiger partial charge in [-0.25, -0.2) is 14.2 Å². The molecule has 0 saturated carbocycles. The summed E-state index contributed by atoms with van der Waals surface area (Å²) in [5, 5.41) is 11.3. The summed E-state index contributed by atoms with van der Waals surface area (Å²) in [4.78, 5) is 32.7. The number of nitrogens with zero attached hydrogens (tertiary/aromatic N) is 3. The fraction of sp³-hybridized carbons (Fsp3) is 0.250. The Bertz CT molecular complexity index is 1640. The number of esters is 1. The van der Waals surface area contributed by atoms with Gasteiger partial charge in [-0.2, -0.15) is 0 Å². The van der Waals surface area contributed by atoms with Crippen molar-refractivity contribution in [1.29, 1.82) is 5.41 Å². The monoisotopic (exact) mass is 553 g/mol.